The first-order valence-electron chi connectivity index (χ1n) is 51.3. The summed E-state index contributed by atoms with van der Waals surface area (Å²) in [5, 5.41) is 61.8. The molecule has 0 saturated carbocycles. The van der Waals surface area contributed by atoms with Gasteiger partial charge in [0.15, 0.2) is 54.5 Å². The number of pyridine rings is 2. The van der Waals surface area contributed by atoms with Crippen LogP contribution in [0.5, 0.6) is 0 Å². The standard InChI is InChI=1S/C55H81N5O17.C51H77N5O15/c1-13-43-40(28-70-54-53(67-12)52(66-11)48(65)34(5)72-54)23-31(2)15-17-42(63)32(3)24-39-19-22-68-29-41(58-71-27-38-16-18-45(56-26-38)60-21-14-20-57-60)30-69-44(25-46(64)76-43)33(4)49(39)77-55-51(75-37(8)62)47(59(9)10)50(35(6)73-55)74-36(7)61;1-11-39-36(26-66-51-49(63-10)48(62-9)45(60)33(6)69-51)21-29(2)13-15-38(57)30(3)22-35-17-20-64-27-37(54-67-25-34-14-16-41(52-24-34)56-19-12-18-53-56)28-65-40(23-42(58)70-39)31(4)47(35)71-50-46(61)43(55(7)8)44(59)32(5)68-50/h14-18,20-21,23,26,32-35,39-40,43-44,47-55,65H,13,19,22,24-25,27-30H2,1-12H3;12-16,18-19,21,24,30-33,35-36,39-40,43-51,59-61H,11,17,20,22-23,25-28H2,1-10H3/b17-15+,31-23+,58-41?;15-13+,29-21+,54-37?/t32-,33+,34-,35-,39+,40-,43-,44-,47+,48-,49-,50-,51-,52-,53-,54?,55?;30-,31+,32-,33-,35+,36-,39-,40-,43+,44-,45-,46-,47-,48-,49-,50?,51?/m11/s1. The maximum absolute atomic E-state index is 14.7. The predicted molar refractivity (Wildman–Crippen MR) is 535 cm³/mol. The molecule has 34 atom stereocenters. The van der Waals surface area contributed by atoms with Crippen molar-refractivity contribution in [3.8, 4) is 11.6 Å². The van der Waals surface area contributed by atoms with Crippen LogP contribution in [-0.2, 0) is 146 Å². The highest BCUT2D eigenvalue weighted by Crippen LogP contribution is 2.42. The minimum Gasteiger partial charge on any atom is -0.462 e. The Morgan fingerprint density at radius 2 is 0.885 bits per heavy atom. The van der Waals surface area contributed by atoms with Crippen molar-refractivity contribution in [1.29, 1.82) is 0 Å². The molecule has 824 valence electrons. The zero-order chi connectivity index (χ0) is 107. The third kappa shape index (κ3) is 33.0. The molecule has 4 aromatic rings. The van der Waals surface area contributed by atoms with Crippen LogP contribution in [0.2, 0.25) is 0 Å². The van der Waals surface area contributed by atoms with E-state index >= 15 is 0 Å². The first-order chi connectivity index (χ1) is 70.8. The highest BCUT2D eigenvalue weighted by molar-refractivity contribution is 5.92. The summed E-state index contributed by atoms with van der Waals surface area (Å²) in [6.07, 6.45) is 1.48. The van der Waals surface area contributed by atoms with Crippen LogP contribution in [0, 0.1) is 47.3 Å². The van der Waals surface area contributed by atoms with Crippen molar-refractivity contribution in [3.63, 3.8) is 0 Å². The van der Waals surface area contributed by atoms with Crippen LogP contribution in [0.25, 0.3) is 11.6 Å². The minimum atomic E-state index is -1.26. The smallest absolute Gasteiger partial charge is 0.308 e. The first-order valence-corrected chi connectivity index (χ1v) is 51.3. The van der Waals surface area contributed by atoms with Crippen molar-refractivity contribution < 1.29 is 154 Å². The number of hydrogen-bond donors (Lipinski definition) is 4. The molecule has 8 aliphatic heterocycles. The van der Waals surface area contributed by atoms with E-state index in [4.69, 9.17) is 104 Å². The molecule has 0 radical (unpaired) electrons. The van der Waals surface area contributed by atoms with Gasteiger partial charge in [-0.15, -0.1) is 0 Å². The van der Waals surface area contributed by atoms with Crippen LogP contribution in [0.3, 0.4) is 0 Å². The number of hydrogen-bond acceptors (Lipinski definition) is 40. The first kappa shape index (κ1) is 119. The maximum Gasteiger partial charge on any atom is 0.308 e. The van der Waals surface area contributed by atoms with Crippen molar-refractivity contribution >= 4 is 46.9 Å². The fourth-order valence-electron chi connectivity index (χ4n) is 20.3. The number of likely N-dealkylation sites (N-methyl/N-ethyl adjacent to an activating group) is 2. The molecule has 6 saturated heterocycles. The molecular formula is C106H158N10O32. The number of nitrogens with zero attached hydrogens (tertiary/aromatic N) is 10. The summed E-state index contributed by atoms with van der Waals surface area (Å²) in [6.45, 7) is 25.1. The van der Waals surface area contributed by atoms with Gasteiger partial charge in [-0.1, -0.05) is 99.4 Å². The summed E-state index contributed by atoms with van der Waals surface area (Å²) < 4.78 is 128. The zero-order valence-electron chi connectivity index (χ0n) is 89.4. The number of ketones is 2. The van der Waals surface area contributed by atoms with Gasteiger partial charge in [0.2, 0.25) is 0 Å². The number of fused-ring (bicyclic) bond motifs is 6. The molecule has 0 aromatic carbocycles. The van der Waals surface area contributed by atoms with Crippen molar-refractivity contribution in [2.45, 2.75) is 321 Å². The Bertz CT molecular complexity index is 4950. The van der Waals surface area contributed by atoms with Crippen molar-refractivity contribution in [1.82, 2.24) is 39.3 Å². The number of aromatic nitrogens is 6. The molecule has 0 spiro atoms. The maximum atomic E-state index is 14.7. The lowest BCUT2D eigenvalue weighted by atomic mass is 9.79. The number of carbonyl (C=O) groups is 6. The number of carbonyl (C=O) groups excluding carboxylic acids is 6. The van der Waals surface area contributed by atoms with E-state index in [9.17, 15) is 49.2 Å². The summed E-state index contributed by atoms with van der Waals surface area (Å²) >= 11 is 0. The number of allylic oxidation sites excluding steroid dienone is 6. The topological polar surface area (TPSA) is 479 Å². The Kier molecular flexibility index (Phi) is 46.8. The Balaban J connectivity index is 0.000000282. The summed E-state index contributed by atoms with van der Waals surface area (Å²) in [5.74, 6) is -5.41. The predicted octanol–water partition coefficient (Wildman–Crippen LogP) is 8.28. The van der Waals surface area contributed by atoms with Gasteiger partial charge in [-0.05, 0) is 157 Å². The molecule has 4 N–H and O–H groups in total. The van der Waals surface area contributed by atoms with Crippen LogP contribution in [0.15, 0.2) is 131 Å². The van der Waals surface area contributed by atoms with Gasteiger partial charge in [0.1, 0.15) is 85.7 Å². The summed E-state index contributed by atoms with van der Waals surface area (Å²) in [5.41, 5.74) is 3.81. The van der Waals surface area contributed by atoms with E-state index < -0.39 is 225 Å². The Morgan fingerprint density at radius 1 is 0.480 bits per heavy atom. The molecule has 12 heterocycles. The lowest BCUT2D eigenvalue weighted by Gasteiger charge is -2.48. The SMILES string of the molecule is CC[C@H]1OC(=O)C[C@H]2OCC(=NOCc3ccc(-n4cccn4)nc3)COCC[C@@H](C[C@@H](C)C(=O)/C=C/C(C)=C/[C@@H]1COC1O[C@H](C)[C@@H](O)[C@@H](OC)[C@H]1OC)[C@H](OC1O[C@H](C)[C@@H](O)[C@H](N(C)C)[C@H]1O)[C@H]2C.CC[C@H]1OC(=O)C[C@H]2OCC(=NOCc3ccc(-n4cccn4)nc3)COCC[C@@H](C[C@@H](C)C(=O)/C=C/C(C)=C/[C@@H]1COC1O[C@H](C)[C@@H](O)[C@@H](OC)[C@H]1OC)[C@H](OC1O[C@H](C)[C@@H](OC(C)=O)[C@H](N(C)C)[C@H]1OC(C)=O)[C@H]2C. The highest BCUT2D eigenvalue weighted by Gasteiger charge is 2.55. The fraction of sp³-hybridized carbons (Fsp3) is 0.698. The summed E-state index contributed by atoms with van der Waals surface area (Å²) in [4.78, 5) is 107. The van der Waals surface area contributed by atoms with Gasteiger partial charge in [-0.25, -0.2) is 19.3 Å². The third-order valence-electron chi connectivity index (χ3n) is 28.6. The van der Waals surface area contributed by atoms with E-state index in [0.717, 1.165) is 22.3 Å². The quantitative estimate of drug-likeness (QED) is 0.0236. The van der Waals surface area contributed by atoms with Gasteiger partial charge in [0, 0.05) is 139 Å². The third-order valence-corrected chi connectivity index (χ3v) is 28.6. The Labute approximate surface area is 867 Å². The summed E-state index contributed by atoms with van der Waals surface area (Å²) in [7, 11) is 13.0. The van der Waals surface area contributed by atoms with Crippen molar-refractivity contribution in [2.75, 3.05) is 109 Å². The zero-order valence-corrected chi connectivity index (χ0v) is 89.4. The van der Waals surface area contributed by atoms with E-state index in [1.54, 1.807) is 137 Å². The average molecular weight is 2080 g/mol. The molecule has 6 fully saturated rings. The van der Waals surface area contributed by atoms with E-state index in [1.165, 1.54) is 42.3 Å². The van der Waals surface area contributed by atoms with E-state index in [1.807, 2.05) is 104 Å². The van der Waals surface area contributed by atoms with Crippen LogP contribution in [0.1, 0.15) is 159 Å². The molecule has 148 heavy (non-hydrogen) atoms. The second-order valence-corrected chi connectivity index (χ2v) is 40.1. The van der Waals surface area contributed by atoms with Gasteiger partial charge in [-0.2, -0.15) is 10.2 Å². The molecule has 42 heteroatoms. The number of aliphatic hydroxyl groups excluding tert-OH is 4. The molecular weight excluding hydrogens is 1930 g/mol. The molecule has 8 aliphatic rings. The molecule has 42 nitrogen and oxygen atoms in total. The van der Waals surface area contributed by atoms with Crippen LogP contribution < -0.4 is 0 Å². The van der Waals surface area contributed by atoms with Gasteiger partial charge in [0.25, 0.3) is 0 Å². The van der Waals surface area contributed by atoms with Gasteiger partial charge < -0.3 is 130 Å². The number of rotatable bonds is 28. The van der Waals surface area contributed by atoms with Gasteiger partial charge >= 0.3 is 23.9 Å². The highest BCUT2D eigenvalue weighted by atomic mass is 16.7. The molecule has 4 aromatic heterocycles. The van der Waals surface area contributed by atoms with Gasteiger partial charge in [0.05, 0.1) is 120 Å². The Morgan fingerprint density at radius 3 is 1.27 bits per heavy atom. The van der Waals surface area contributed by atoms with E-state index in [2.05, 4.69) is 30.5 Å². The molecule has 12 rings (SSSR count). The molecule has 0 amide bonds. The van der Waals surface area contributed by atoms with Gasteiger partial charge in [-0.3, -0.25) is 33.7 Å². The lowest BCUT2D eigenvalue weighted by Crippen LogP contribution is -2.65. The van der Waals surface area contributed by atoms with Crippen LogP contribution >= 0.6 is 0 Å². The average Bonchev–Trinajstić information content (AvgIpc) is 0.949. The van der Waals surface area contributed by atoms with Crippen LogP contribution in [-0.4, -0.2) is 375 Å². The minimum absolute atomic E-state index is 0.00104. The fourth-order valence-corrected chi connectivity index (χ4v) is 20.3. The van der Waals surface area contributed by atoms with Crippen molar-refractivity contribution in [3.05, 3.63) is 132 Å². The molecule has 4 bridgehead atoms. The summed E-state index contributed by atoms with van der Waals surface area (Å²) in [6, 6.07) is 9.58. The lowest BCUT2D eigenvalue weighted by molar-refractivity contribution is -0.308. The van der Waals surface area contributed by atoms with E-state index in [-0.39, 0.29) is 96.4 Å². The van der Waals surface area contributed by atoms with Crippen LogP contribution in [0.4, 0.5) is 0 Å². The monoisotopic (exact) mass is 2080 g/mol. The number of oxime groups is 2. The number of methoxy groups -OCH3 is 4. The molecule has 4 unspecified atom stereocenters. The second-order valence-electron chi connectivity index (χ2n) is 40.1. The number of cyclic esters (lactones) is 2. The second kappa shape index (κ2) is 58.1. The number of ether oxygens (including phenoxy) is 20. The number of aliphatic hydroxyl groups is 4. The largest absolute Gasteiger partial charge is 0.462 e. The Hall–Kier alpha value is -9.04. The molecule has 0 aliphatic carbocycles. The number of esters is 4. The van der Waals surface area contributed by atoms with E-state index in [0.29, 0.717) is 61.6 Å². The van der Waals surface area contributed by atoms with Crippen molar-refractivity contribution in [2.24, 2.45) is 57.7 Å². The normalized spacial score (nSPS) is 36.9.